The van der Waals surface area contributed by atoms with Crippen LogP contribution in [0, 0.1) is 0 Å². The minimum atomic E-state index is -0.544. The molecular weight excluding hydrogens is 403 g/mol. The van der Waals surface area contributed by atoms with E-state index in [-0.39, 0.29) is 33.8 Å². The molecule has 4 rings (SSSR count). The van der Waals surface area contributed by atoms with E-state index in [1.54, 1.807) is 6.07 Å². The molecule has 2 heterocycles. The van der Waals surface area contributed by atoms with Crippen LogP contribution in [0.25, 0.3) is 0 Å². The standard InChI is InChI=1S/C20H16Cl2N2O4/c21-12-4-6-16(22)17(9-12)24-19(26)14-5-3-11(8-15(14)20(24)27)18(25)23-10-13-2-1-7-28-13/h3-6,8-9,13H,1-2,7,10H2,(H,23,25)/t13-/m0/s1. The van der Waals surface area contributed by atoms with Crippen molar-refractivity contribution in [2.75, 3.05) is 18.1 Å². The number of nitrogens with zero attached hydrogens (tertiary/aromatic N) is 1. The van der Waals surface area contributed by atoms with E-state index in [4.69, 9.17) is 27.9 Å². The van der Waals surface area contributed by atoms with Crippen LogP contribution in [0.2, 0.25) is 10.0 Å². The summed E-state index contributed by atoms with van der Waals surface area (Å²) in [5.41, 5.74) is 0.893. The Bertz CT molecular complexity index is 986. The molecule has 28 heavy (non-hydrogen) atoms. The lowest BCUT2D eigenvalue weighted by atomic mass is 10.1. The van der Waals surface area contributed by atoms with E-state index in [1.165, 1.54) is 30.3 Å². The zero-order chi connectivity index (χ0) is 19.8. The number of amides is 3. The molecule has 2 aliphatic heterocycles. The highest BCUT2D eigenvalue weighted by Gasteiger charge is 2.38. The average Bonchev–Trinajstić information content (AvgIpc) is 3.29. The monoisotopic (exact) mass is 418 g/mol. The Balaban J connectivity index is 1.58. The summed E-state index contributed by atoms with van der Waals surface area (Å²) in [7, 11) is 0. The maximum Gasteiger partial charge on any atom is 0.266 e. The summed E-state index contributed by atoms with van der Waals surface area (Å²) in [6, 6.07) is 8.99. The van der Waals surface area contributed by atoms with E-state index in [0.717, 1.165) is 17.7 Å². The summed E-state index contributed by atoms with van der Waals surface area (Å²) in [4.78, 5) is 39.0. The number of anilines is 1. The SMILES string of the molecule is O=C(NC[C@@H]1CCCO1)c1ccc2c(c1)C(=O)N(c1cc(Cl)ccc1Cl)C2=O. The number of benzene rings is 2. The third-order valence-corrected chi connectivity index (χ3v) is 5.37. The van der Waals surface area contributed by atoms with Gasteiger partial charge in [0, 0.05) is 23.7 Å². The molecule has 1 atom stereocenters. The molecule has 0 radical (unpaired) electrons. The Morgan fingerprint density at radius 1 is 1.11 bits per heavy atom. The molecule has 6 nitrogen and oxygen atoms in total. The zero-order valence-electron chi connectivity index (χ0n) is 14.7. The van der Waals surface area contributed by atoms with Crippen molar-refractivity contribution in [1.29, 1.82) is 0 Å². The number of nitrogens with one attached hydrogen (secondary N) is 1. The highest BCUT2D eigenvalue weighted by molar-refractivity contribution is 6.41. The quantitative estimate of drug-likeness (QED) is 0.767. The van der Waals surface area contributed by atoms with Gasteiger partial charge in [-0.15, -0.1) is 0 Å². The molecule has 0 bridgehead atoms. The Kier molecular flexibility index (Phi) is 5.10. The first-order valence-electron chi connectivity index (χ1n) is 8.83. The van der Waals surface area contributed by atoms with Crippen LogP contribution in [0.4, 0.5) is 5.69 Å². The van der Waals surface area contributed by atoms with Crippen LogP contribution in [0.15, 0.2) is 36.4 Å². The van der Waals surface area contributed by atoms with Crippen LogP contribution in [0.1, 0.15) is 43.9 Å². The van der Waals surface area contributed by atoms with Crippen LogP contribution < -0.4 is 10.2 Å². The third kappa shape index (κ3) is 3.39. The molecule has 3 amide bonds. The smallest absolute Gasteiger partial charge is 0.266 e. The van der Waals surface area contributed by atoms with Crippen LogP contribution in [0.3, 0.4) is 0 Å². The first-order valence-corrected chi connectivity index (χ1v) is 9.59. The van der Waals surface area contributed by atoms with Crippen LogP contribution in [-0.4, -0.2) is 37.0 Å². The maximum atomic E-state index is 12.9. The van der Waals surface area contributed by atoms with E-state index >= 15 is 0 Å². The lowest BCUT2D eigenvalue weighted by Crippen LogP contribution is -2.31. The molecule has 0 aromatic heterocycles. The highest BCUT2D eigenvalue weighted by Crippen LogP contribution is 2.35. The van der Waals surface area contributed by atoms with Gasteiger partial charge in [-0.3, -0.25) is 14.4 Å². The van der Waals surface area contributed by atoms with E-state index in [0.29, 0.717) is 23.7 Å². The van der Waals surface area contributed by atoms with Crippen molar-refractivity contribution in [2.45, 2.75) is 18.9 Å². The number of carbonyl (C=O) groups excluding carboxylic acids is 3. The molecule has 0 unspecified atom stereocenters. The van der Waals surface area contributed by atoms with Crippen molar-refractivity contribution in [3.8, 4) is 0 Å². The molecule has 1 N–H and O–H groups in total. The normalized spacial score (nSPS) is 18.5. The van der Waals surface area contributed by atoms with Crippen molar-refractivity contribution >= 4 is 46.6 Å². The lowest BCUT2D eigenvalue weighted by molar-refractivity contribution is 0.0857. The van der Waals surface area contributed by atoms with Crippen LogP contribution >= 0.6 is 23.2 Å². The largest absolute Gasteiger partial charge is 0.376 e. The van der Waals surface area contributed by atoms with Gasteiger partial charge in [-0.1, -0.05) is 23.2 Å². The minimum absolute atomic E-state index is 0.0158. The second-order valence-electron chi connectivity index (χ2n) is 6.65. The molecule has 2 aromatic rings. The number of rotatable bonds is 4. The summed E-state index contributed by atoms with van der Waals surface area (Å²) in [5, 5.41) is 3.39. The fourth-order valence-corrected chi connectivity index (χ4v) is 3.74. The molecule has 2 aliphatic rings. The van der Waals surface area contributed by atoms with Gasteiger partial charge in [0.15, 0.2) is 0 Å². The van der Waals surface area contributed by atoms with Crippen LogP contribution in [-0.2, 0) is 4.74 Å². The van der Waals surface area contributed by atoms with Gasteiger partial charge < -0.3 is 10.1 Å². The van der Waals surface area contributed by atoms with Gasteiger partial charge in [-0.25, -0.2) is 4.90 Å². The van der Waals surface area contributed by atoms with Gasteiger partial charge in [0.05, 0.1) is 27.9 Å². The first-order chi connectivity index (χ1) is 13.5. The molecule has 8 heteroatoms. The zero-order valence-corrected chi connectivity index (χ0v) is 16.2. The van der Waals surface area contributed by atoms with Gasteiger partial charge in [-0.05, 0) is 49.2 Å². The number of ether oxygens (including phenoxy) is 1. The van der Waals surface area contributed by atoms with Crippen molar-refractivity contribution in [3.63, 3.8) is 0 Å². The van der Waals surface area contributed by atoms with Crippen molar-refractivity contribution in [1.82, 2.24) is 5.32 Å². The lowest BCUT2D eigenvalue weighted by Gasteiger charge is -2.15. The number of hydrogen-bond acceptors (Lipinski definition) is 4. The molecule has 1 fully saturated rings. The molecule has 1 saturated heterocycles. The molecular formula is C20H16Cl2N2O4. The van der Waals surface area contributed by atoms with Gasteiger partial charge in [0.25, 0.3) is 17.7 Å². The van der Waals surface area contributed by atoms with Crippen molar-refractivity contribution in [3.05, 3.63) is 63.1 Å². The van der Waals surface area contributed by atoms with Crippen molar-refractivity contribution < 1.29 is 19.1 Å². The molecule has 0 spiro atoms. The summed E-state index contributed by atoms with van der Waals surface area (Å²) >= 11 is 12.1. The fourth-order valence-electron chi connectivity index (χ4n) is 3.37. The summed E-state index contributed by atoms with van der Waals surface area (Å²) < 4.78 is 5.48. The van der Waals surface area contributed by atoms with Gasteiger partial charge in [-0.2, -0.15) is 0 Å². The number of halogens is 2. The van der Waals surface area contributed by atoms with Crippen LogP contribution in [0.5, 0.6) is 0 Å². The summed E-state index contributed by atoms with van der Waals surface area (Å²) in [5.74, 6) is -1.37. The Morgan fingerprint density at radius 2 is 1.89 bits per heavy atom. The van der Waals surface area contributed by atoms with Gasteiger partial charge >= 0.3 is 0 Å². The molecule has 144 valence electrons. The highest BCUT2D eigenvalue weighted by atomic mass is 35.5. The predicted octanol–water partition coefficient (Wildman–Crippen LogP) is 3.70. The Morgan fingerprint density at radius 3 is 2.64 bits per heavy atom. The summed E-state index contributed by atoms with van der Waals surface area (Å²) in [6.45, 7) is 1.12. The van der Waals surface area contributed by atoms with E-state index in [9.17, 15) is 14.4 Å². The van der Waals surface area contributed by atoms with E-state index < -0.39 is 11.8 Å². The Labute approximate surface area is 171 Å². The number of imide groups is 1. The maximum absolute atomic E-state index is 12.9. The first kappa shape index (κ1) is 18.9. The fraction of sp³-hybridized carbons (Fsp3) is 0.250. The number of hydrogen-bond donors (Lipinski definition) is 1. The second kappa shape index (κ2) is 7.54. The summed E-state index contributed by atoms with van der Waals surface area (Å²) in [6.07, 6.45) is 1.91. The number of carbonyl (C=O) groups is 3. The molecule has 0 saturated carbocycles. The number of fused-ring (bicyclic) bond motifs is 1. The minimum Gasteiger partial charge on any atom is -0.376 e. The third-order valence-electron chi connectivity index (χ3n) is 4.81. The van der Waals surface area contributed by atoms with Gasteiger partial charge in [0.1, 0.15) is 0 Å². The molecule has 2 aromatic carbocycles. The molecule has 0 aliphatic carbocycles. The van der Waals surface area contributed by atoms with Gasteiger partial charge in [0.2, 0.25) is 0 Å². The second-order valence-corrected chi connectivity index (χ2v) is 7.49. The average molecular weight is 419 g/mol. The topological polar surface area (TPSA) is 75.7 Å². The predicted molar refractivity (Wildman–Crippen MR) is 105 cm³/mol. The van der Waals surface area contributed by atoms with E-state index in [1.807, 2.05) is 0 Å². The van der Waals surface area contributed by atoms with Crippen molar-refractivity contribution in [2.24, 2.45) is 0 Å². The Hall–Kier alpha value is -2.41. The van der Waals surface area contributed by atoms with E-state index in [2.05, 4.69) is 5.32 Å².